The standard InChI is InChI=1S/C15H21NO2/c1-11(2)15(17)18-7-6-16(5)14-9-12(3)8-13(4)10-14/h8-10H,1,6-7H2,2-5H3. The highest BCUT2D eigenvalue weighted by atomic mass is 16.5. The smallest absolute Gasteiger partial charge is 0.333 e. The van der Waals surface area contributed by atoms with Crippen molar-refractivity contribution >= 4 is 11.7 Å². The third-order valence-corrected chi connectivity index (χ3v) is 2.66. The van der Waals surface area contributed by atoms with Crippen LogP contribution in [0.15, 0.2) is 30.4 Å². The van der Waals surface area contributed by atoms with Crippen molar-refractivity contribution in [2.75, 3.05) is 25.1 Å². The Morgan fingerprint density at radius 1 is 1.28 bits per heavy atom. The van der Waals surface area contributed by atoms with Crippen LogP contribution < -0.4 is 4.90 Å². The van der Waals surface area contributed by atoms with Gasteiger partial charge in [0, 0.05) is 18.3 Å². The molecule has 0 aliphatic heterocycles. The van der Waals surface area contributed by atoms with E-state index in [4.69, 9.17) is 4.74 Å². The van der Waals surface area contributed by atoms with Crippen molar-refractivity contribution in [3.63, 3.8) is 0 Å². The number of hydrogen-bond donors (Lipinski definition) is 0. The van der Waals surface area contributed by atoms with Crippen LogP contribution in [0.1, 0.15) is 18.1 Å². The average Bonchev–Trinajstić information content (AvgIpc) is 2.27. The Morgan fingerprint density at radius 2 is 1.83 bits per heavy atom. The number of anilines is 1. The molecule has 0 aliphatic rings. The van der Waals surface area contributed by atoms with E-state index in [1.807, 2.05) is 7.05 Å². The summed E-state index contributed by atoms with van der Waals surface area (Å²) in [6, 6.07) is 6.37. The van der Waals surface area contributed by atoms with Gasteiger partial charge in [-0.2, -0.15) is 0 Å². The van der Waals surface area contributed by atoms with Gasteiger partial charge in [-0.25, -0.2) is 4.79 Å². The molecule has 0 radical (unpaired) electrons. The van der Waals surface area contributed by atoms with E-state index in [2.05, 4.69) is 43.5 Å². The molecule has 0 fully saturated rings. The number of aryl methyl sites for hydroxylation is 2. The van der Waals surface area contributed by atoms with E-state index in [1.54, 1.807) is 6.92 Å². The lowest BCUT2D eigenvalue weighted by Crippen LogP contribution is -2.24. The summed E-state index contributed by atoms with van der Waals surface area (Å²) in [6.45, 7) is 10.4. The highest BCUT2D eigenvalue weighted by Crippen LogP contribution is 2.17. The van der Waals surface area contributed by atoms with E-state index in [0.717, 1.165) is 5.69 Å². The molecule has 0 amide bonds. The summed E-state index contributed by atoms with van der Waals surface area (Å²) < 4.78 is 5.08. The van der Waals surface area contributed by atoms with Gasteiger partial charge in [0.05, 0.1) is 6.54 Å². The van der Waals surface area contributed by atoms with Crippen molar-refractivity contribution in [1.29, 1.82) is 0 Å². The summed E-state index contributed by atoms with van der Waals surface area (Å²) in [5, 5.41) is 0. The van der Waals surface area contributed by atoms with Gasteiger partial charge in [0.2, 0.25) is 0 Å². The predicted octanol–water partition coefficient (Wildman–Crippen LogP) is 2.86. The number of likely N-dealkylation sites (N-methyl/N-ethyl adjacent to an activating group) is 1. The van der Waals surface area contributed by atoms with Crippen molar-refractivity contribution in [3.8, 4) is 0 Å². The number of rotatable bonds is 5. The normalized spacial score (nSPS) is 10.0. The number of ether oxygens (including phenoxy) is 1. The first-order chi connectivity index (χ1) is 8.40. The molecule has 0 aliphatic carbocycles. The predicted molar refractivity (Wildman–Crippen MR) is 75.0 cm³/mol. The zero-order valence-corrected chi connectivity index (χ0v) is 11.6. The zero-order chi connectivity index (χ0) is 13.7. The lowest BCUT2D eigenvalue weighted by molar-refractivity contribution is -0.138. The van der Waals surface area contributed by atoms with Crippen LogP contribution in [0.2, 0.25) is 0 Å². The second-order valence-corrected chi connectivity index (χ2v) is 4.68. The molecule has 0 N–H and O–H groups in total. The molecule has 1 aromatic carbocycles. The van der Waals surface area contributed by atoms with Crippen LogP contribution in [0, 0.1) is 13.8 Å². The molecule has 0 atom stereocenters. The second-order valence-electron chi connectivity index (χ2n) is 4.68. The van der Waals surface area contributed by atoms with Gasteiger partial charge in [0.25, 0.3) is 0 Å². The van der Waals surface area contributed by atoms with Crippen LogP contribution >= 0.6 is 0 Å². The van der Waals surface area contributed by atoms with E-state index < -0.39 is 0 Å². The lowest BCUT2D eigenvalue weighted by atomic mass is 10.1. The summed E-state index contributed by atoms with van der Waals surface area (Å²) in [5.74, 6) is -0.330. The Hall–Kier alpha value is -1.77. The fraction of sp³-hybridized carbons (Fsp3) is 0.400. The molecule has 0 unspecified atom stereocenters. The summed E-state index contributed by atoms with van der Waals surface area (Å²) in [5.41, 5.74) is 4.04. The van der Waals surface area contributed by atoms with Gasteiger partial charge < -0.3 is 9.64 Å². The van der Waals surface area contributed by atoms with Crippen LogP contribution in [-0.4, -0.2) is 26.2 Å². The maximum absolute atomic E-state index is 11.2. The van der Waals surface area contributed by atoms with E-state index in [0.29, 0.717) is 18.7 Å². The Balaban J connectivity index is 2.52. The molecular weight excluding hydrogens is 226 g/mol. The topological polar surface area (TPSA) is 29.5 Å². The maximum atomic E-state index is 11.2. The molecule has 3 heteroatoms. The molecule has 0 bridgehead atoms. The lowest BCUT2D eigenvalue weighted by Gasteiger charge is -2.20. The van der Waals surface area contributed by atoms with Gasteiger partial charge in [-0.1, -0.05) is 12.6 Å². The first-order valence-corrected chi connectivity index (χ1v) is 6.02. The summed E-state index contributed by atoms with van der Waals surface area (Å²) in [6.07, 6.45) is 0. The number of carbonyl (C=O) groups is 1. The van der Waals surface area contributed by atoms with E-state index in [-0.39, 0.29) is 5.97 Å². The molecule has 1 rings (SSSR count). The Morgan fingerprint density at radius 3 is 2.33 bits per heavy atom. The molecule has 0 heterocycles. The van der Waals surface area contributed by atoms with Crippen LogP contribution in [0.3, 0.4) is 0 Å². The Bertz CT molecular complexity index is 432. The molecule has 0 saturated carbocycles. The molecule has 18 heavy (non-hydrogen) atoms. The number of hydrogen-bond acceptors (Lipinski definition) is 3. The highest BCUT2D eigenvalue weighted by molar-refractivity contribution is 5.86. The van der Waals surface area contributed by atoms with Gasteiger partial charge in [-0.3, -0.25) is 0 Å². The largest absolute Gasteiger partial charge is 0.460 e. The molecule has 1 aromatic rings. The maximum Gasteiger partial charge on any atom is 0.333 e. The summed E-state index contributed by atoms with van der Waals surface area (Å²) in [7, 11) is 1.99. The van der Waals surface area contributed by atoms with Crippen LogP contribution in [-0.2, 0) is 9.53 Å². The van der Waals surface area contributed by atoms with Gasteiger partial charge in [0.15, 0.2) is 0 Å². The molecule has 98 valence electrons. The molecule has 0 saturated heterocycles. The van der Waals surface area contributed by atoms with Crippen molar-refractivity contribution in [2.45, 2.75) is 20.8 Å². The fourth-order valence-electron chi connectivity index (χ4n) is 1.70. The highest BCUT2D eigenvalue weighted by Gasteiger charge is 2.05. The first kappa shape index (κ1) is 14.3. The van der Waals surface area contributed by atoms with Crippen molar-refractivity contribution in [3.05, 3.63) is 41.5 Å². The van der Waals surface area contributed by atoms with Crippen LogP contribution in [0.4, 0.5) is 5.69 Å². The fourth-order valence-corrected chi connectivity index (χ4v) is 1.70. The monoisotopic (exact) mass is 247 g/mol. The average molecular weight is 247 g/mol. The van der Waals surface area contributed by atoms with E-state index in [1.165, 1.54) is 11.1 Å². The Kier molecular flexibility index (Phi) is 4.95. The minimum absolute atomic E-state index is 0.330. The molecule has 0 aromatic heterocycles. The van der Waals surface area contributed by atoms with Gasteiger partial charge in [-0.15, -0.1) is 0 Å². The first-order valence-electron chi connectivity index (χ1n) is 6.02. The zero-order valence-electron chi connectivity index (χ0n) is 11.6. The number of esters is 1. The van der Waals surface area contributed by atoms with E-state index >= 15 is 0 Å². The quantitative estimate of drug-likeness (QED) is 0.592. The van der Waals surface area contributed by atoms with E-state index in [9.17, 15) is 4.79 Å². The van der Waals surface area contributed by atoms with Gasteiger partial charge >= 0.3 is 5.97 Å². The van der Waals surface area contributed by atoms with Gasteiger partial charge in [0.1, 0.15) is 6.61 Å². The SMILES string of the molecule is C=C(C)C(=O)OCCN(C)c1cc(C)cc(C)c1. The van der Waals surface area contributed by atoms with Gasteiger partial charge in [-0.05, 0) is 44.0 Å². The van der Waals surface area contributed by atoms with Crippen LogP contribution in [0.5, 0.6) is 0 Å². The minimum Gasteiger partial charge on any atom is -0.460 e. The van der Waals surface area contributed by atoms with Crippen LogP contribution in [0.25, 0.3) is 0 Å². The number of nitrogens with zero attached hydrogens (tertiary/aromatic N) is 1. The Labute approximate surface area is 109 Å². The van der Waals surface area contributed by atoms with Crippen molar-refractivity contribution in [2.24, 2.45) is 0 Å². The molecule has 0 spiro atoms. The third-order valence-electron chi connectivity index (χ3n) is 2.66. The van der Waals surface area contributed by atoms with Crippen molar-refractivity contribution in [1.82, 2.24) is 0 Å². The molecule has 3 nitrogen and oxygen atoms in total. The third kappa shape index (κ3) is 4.24. The minimum atomic E-state index is -0.330. The van der Waals surface area contributed by atoms with Crippen molar-refractivity contribution < 1.29 is 9.53 Å². The number of carbonyl (C=O) groups excluding carboxylic acids is 1. The number of benzene rings is 1. The second kappa shape index (κ2) is 6.24. The summed E-state index contributed by atoms with van der Waals surface area (Å²) in [4.78, 5) is 13.3. The summed E-state index contributed by atoms with van der Waals surface area (Å²) >= 11 is 0. The molecular formula is C15H21NO2.